The summed E-state index contributed by atoms with van der Waals surface area (Å²) in [6.45, 7) is -0.0126. The molecule has 3 aromatic rings. The average Bonchev–Trinajstić information content (AvgIpc) is 2.93. The van der Waals surface area contributed by atoms with Crippen molar-refractivity contribution in [2.75, 3.05) is 19.0 Å². The first kappa shape index (κ1) is 15.8. The number of fused-ring (bicyclic) bond motifs is 1. The number of imidazole rings is 1. The third-order valence-electron chi connectivity index (χ3n) is 3.68. The van der Waals surface area contributed by atoms with Gasteiger partial charge >= 0.3 is 5.69 Å². The van der Waals surface area contributed by atoms with Crippen LogP contribution in [0, 0.1) is 0 Å². The lowest BCUT2D eigenvalue weighted by Crippen LogP contribution is -2.29. The summed E-state index contributed by atoms with van der Waals surface area (Å²) in [5.74, 6) is 1.07. The van der Waals surface area contributed by atoms with E-state index in [4.69, 9.17) is 4.74 Å². The summed E-state index contributed by atoms with van der Waals surface area (Å²) in [5.41, 5.74) is 0.107. The molecule has 0 unspecified atom stereocenters. The van der Waals surface area contributed by atoms with Crippen LogP contribution in [0.25, 0.3) is 11.2 Å². The van der Waals surface area contributed by atoms with Crippen molar-refractivity contribution in [3.05, 3.63) is 45.1 Å². The van der Waals surface area contributed by atoms with E-state index in [2.05, 4.69) is 15.3 Å². The van der Waals surface area contributed by atoms with Crippen LogP contribution in [0.3, 0.4) is 0 Å². The number of methoxy groups -OCH3 is 1. The number of aliphatic hydroxyl groups is 1. The second kappa shape index (κ2) is 6.20. The van der Waals surface area contributed by atoms with E-state index in [0.717, 1.165) is 5.69 Å². The molecular formula is C15H17N5O4. The largest absolute Gasteiger partial charge is 0.497 e. The molecule has 3 rings (SSSR count). The van der Waals surface area contributed by atoms with E-state index in [1.54, 1.807) is 31.4 Å². The van der Waals surface area contributed by atoms with Gasteiger partial charge in [0.25, 0.3) is 5.56 Å². The highest BCUT2D eigenvalue weighted by molar-refractivity contribution is 5.75. The number of ether oxygens (including phenoxy) is 1. The summed E-state index contributed by atoms with van der Waals surface area (Å²) in [4.78, 5) is 30.5. The van der Waals surface area contributed by atoms with Gasteiger partial charge in [-0.1, -0.05) is 0 Å². The van der Waals surface area contributed by atoms with Gasteiger partial charge in [-0.3, -0.25) is 14.3 Å². The molecule has 1 aromatic carbocycles. The van der Waals surface area contributed by atoms with Crippen molar-refractivity contribution in [3.63, 3.8) is 0 Å². The van der Waals surface area contributed by atoms with Gasteiger partial charge < -0.3 is 19.7 Å². The monoisotopic (exact) mass is 331 g/mol. The minimum absolute atomic E-state index is 0.163. The van der Waals surface area contributed by atoms with E-state index < -0.39 is 11.2 Å². The van der Waals surface area contributed by atoms with Crippen molar-refractivity contribution in [1.29, 1.82) is 0 Å². The minimum atomic E-state index is -0.545. The van der Waals surface area contributed by atoms with Crippen molar-refractivity contribution < 1.29 is 9.84 Å². The number of H-pyrrole nitrogens is 1. The van der Waals surface area contributed by atoms with Gasteiger partial charge in [0.2, 0.25) is 5.95 Å². The van der Waals surface area contributed by atoms with Crippen molar-refractivity contribution in [1.82, 2.24) is 19.1 Å². The number of benzene rings is 1. The van der Waals surface area contributed by atoms with Crippen LogP contribution in [-0.4, -0.2) is 37.9 Å². The van der Waals surface area contributed by atoms with Crippen molar-refractivity contribution >= 4 is 22.8 Å². The summed E-state index contributed by atoms with van der Waals surface area (Å²) in [5, 5.41) is 12.4. The molecule has 2 aromatic heterocycles. The highest BCUT2D eigenvalue weighted by Gasteiger charge is 2.17. The molecule has 0 radical (unpaired) electrons. The molecule has 0 aliphatic carbocycles. The normalized spacial score (nSPS) is 11.0. The number of anilines is 2. The standard InChI is InChI=1S/C15H17N5O4/c1-19-12-11(13(22)18-15(19)23)20(7-8-21)14(17-12)16-9-3-5-10(24-2)6-4-9/h3-6,21H,7-8H2,1-2H3,(H,16,17)(H,18,22,23). The van der Waals surface area contributed by atoms with E-state index in [1.807, 2.05) is 0 Å². The predicted molar refractivity (Wildman–Crippen MR) is 89.0 cm³/mol. The maximum Gasteiger partial charge on any atom is 0.329 e. The Morgan fingerprint density at radius 1 is 1.29 bits per heavy atom. The number of aromatic amines is 1. The Kier molecular flexibility index (Phi) is 4.09. The lowest BCUT2D eigenvalue weighted by molar-refractivity contribution is 0.278. The van der Waals surface area contributed by atoms with Gasteiger partial charge in [0.15, 0.2) is 11.2 Å². The van der Waals surface area contributed by atoms with Crippen LogP contribution in [-0.2, 0) is 13.6 Å². The predicted octanol–water partition coefficient (Wildman–Crippen LogP) is 0.168. The quantitative estimate of drug-likeness (QED) is 0.614. The van der Waals surface area contributed by atoms with E-state index in [1.165, 1.54) is 16.2 Å². The summed E-state index contributed by atoms with van der Waals surface area (Å²) in [6.07, 6.45) is 0. The van der Waals surface area contributed by atoms with Crippen LogP contribution in [0.15, 0.2) is 33.9 Å². The van der Waals surface area contributed by atoms with E-state index in [-0.39, 0.29) is 24.3 Å². The summed E-state index contributed by atoms with van der Waals surface area (Å²) in [6, 6.07) is 7.16. The summed E-state index contributed by atoms with van der Waals surface area (Å²) < 4.78 is 7.90. The Hall–Kier alpha value is -3.07. The second-order valence-corrected chi connectivity index (χ2v) is 5.15. The molecule has 3 N–H and O–H groups in total. The minimum Gasteiger partial charge on any atom is -0.497 e. The van der Waals surface area contributed by atoms with Crippen LogP contribution in [0.1, 0.15) is 0 Å². The third-order valence-corrected chi connectivity index (χ3v) is 3.68. The van der Waals surface area contributed by atoms with Crippen LogP contribution in [0.4, 0.5) is 11.6 Å². The topological polar surface area (TPSA) is 114 Å². The summed E-state index contributed by atoms with van der Waals surface area (Å²) >= 11 is 0. The van der Waals surface area contributed by atoms with Crippen LogP contribution >= 0.6 is 0 Å². The zero-order valence-corrected chi connectivity index (χ0v) is 13.2. The first-order valence-corrected chi connectivity index (χ1v) is 7.26. The Morgan fingerprint density at radius 3 is 2.62 bits per heavy atom. The molecule has 0 atom stereocenters. The SMILES string of the molecule is COc1ccc(Nc2nc3c(c(=O)[nH]c(=O)n3C)n2CCO)cc1. The van der Waals surface area contributed by atoms with Crippen LogP contribution in [0.2, 0.25) is 0 Å². The molecule has 24 heavy (non-hydrogen) atoms. The van der Waals surface area contributed by atoms with Gasteiger partial charge in [-0.05, 0) is 24.3 Å². The fraction of sp³-hybridized carbons (Fsp3) is 0.267. The number of aliphatic hydroxyl groups excluding tert-OH is 1. The number of hydrogen-bond acceptors (Lipinski definition) is 6. The molecule has 0 fully saturated rings. The van der Waals surface area contributed by atoms with Crippen LogP contribution in [0.5, 0.6) is 5.75 Å². The number of aryl methyl sites for hydroxylation is 1. The van der Waals surface area contributed by atoms with Gasteiger partial charge in [-0.15, -0.1) is 0 Å². The first-order valence-electron chi connectivity index (χ1n) is 7.26. The molecule has 9 heteroatoms. The number of rotatable bonds is 5. The van der Waals surface area contributed by atoms with Crippen molar-refractivity contribution in [3.8, 4) is 5.75 Å². The molecule has 0 bridgehead atoms. The zero-order chi connectivity index (χ0) is 17.3. The van der Waals surface area contributed by atoms with E-state index >= 15 is 0 Å². The molecule has 0 spiro atoms. The maximum atomic E-state index is 12.1. The molecule has 0 saturated heterocycles. The van der Waals surface area contributed by atoms with Crippen molar-refractivity contribution in [2.45, 2.75) is 6.54 Å². The van der Waals surface area contributed by atoms with Gasteiger partial charge in [-0.2, -0.15) is 4.98 Å². The Bertz CT molecular complexity index is 984. The number of hydrogen-bond donors (Lipinski definition) is 3. The fourth-order valence-electron chi connectivity index (χ4n) is 2.45. The smallest absolute Gasteiger partial charge is 0.329 e. The fourth-order valence-corrected chi connectivity index (χ4v) is 2.45. The first-order chi connectivity index (χ1) is 11.5. The maximum absolute atomic E-state index is 12.1. The Labute approximate surface area is 136 Å². The van der Waals surface area contributed by atoms with Gasteiger partial charge in [0.1, 0.15) is 5.75 Å². The second-order valence-electron chi connectivity index (χ2n) is 5.15. The van der Waals surface area contributed by atoms with E-state index in [0.29, 0.717) is 11.7 Å². The van der Waals surface area contributed by atoms with Crippen LogP contribution < -0.4 is 21.3 Å². The van der Waals surface area contributed by atoms with Gasteiger partial charge in [0.05, 0.1) is 13.7 Å². The Morgan fingerprint density at radius 2 is 2.00 bits per heavy atom. The molecule has 0 aliphatic rings. The molecule has 126 valence electrons. The van der Waals surface area contributed by atoms with Gasteiger partial charge in [0, 0.05) is 19.3 Å². The molecule has 0 amide bonds. The molecule has 9 nitrogen and oxygen atoms in total. The number of nitrogens with zero attached hydrogens (tertiary/aromatic N) is 3. The molecule has 2 heterocycles. The van der Waals surface area contributed by atoms with Crippen molar-refractivity contribution in [2.24, 2.45) is 7.05 Å². The van der Waals surface area contributed by atoms with Gasteiger partial charge in [-0.25, -0.2) is 4.79 Å². The lowest BCUT2D eigenvalue weighted by Gasteiger charge is -2.09. The van der Waals surface area contributed by atoms with E-state index in [9.17, 15) is 14.7 Å². The molecule has 0 saturated carbocycles. The third kappa shape index (κ3) is 2.65. The highest BCUT2D eigenvalue weighted by atomic mass is 16.5. The zero-order valence-electron chi connectivity index (χ0n) is 13.2. The summed E-state index contributed by atoms with van der Waals surface area (Å²) in [7, 11) is 3.10. The highest BCUT2D eigenvalue weighted by Crippen LogP contribution is 2.21. The number of nitrogens with one attached hydrogen (secondary N) is 2. The molecular weight excluding hydrogens is 314 g/mol. The Balaban J connectivity index is 2.14. The number of aromatic nitrogens is 4. The average molecular weight is 331 g/mol. The molecule has 0 aliphatic heterocycles. The lowest BCUT2D eigenvalue weighted by atomic mass is 10.3.